The maximum Gasteiger partial charge on any atom is 0.357 e. The fraction of sp³-hybridized carbons (Fsp3) is 0.0345. The van der Waals surface area contributed by atoms with Crippen molar-refractivity contribution in [2.24, 2.45) is 0 Å². The lowest BCUT2D eigenvalue weighted by Gasteiger charge is -2.00. The second-order valence-electron chi connectivity index (χ2n) is 6.81. The monoisotopic (exact) mass is 690 g/mol. The molecule has 0 saturated carbocycles. The van der Waals surface area contributed by atoms with Gasteiger partial charge in [-0.25, -0.2) is 0 Å². The van der Waals surface area contributed by atoms with Gasteiger partial charge in [-0.15, -0.1) is 0 Å². The largest absolute Gasteiger partial charge is 0.545 e. The Labute approximate surface area is 226 Å². The van der Waals surface area contributed by atoms with Crippen molar-refractivity contribution in [3.63, 3.8) is 0 Å². The molecule has 0 bridgehead atoms. The molecule has 0 spiro atoms. The summed E-state index contributed by atoms with van der Waals surface area (Å²) in [6.45, 7) is 1.12. The van der Waals surface area contributed by atoms with Gasteiger partial charge in [-0.2, -0.15) is 0 Å². The molecule has 0 heterocycles. The third-order valence-corrected chi connectivity index (χ3v) is 9.39. The summed E-state index contributed by atoms with van der Waals surface area (Å²) in [6.07, 6.45) is 0.468. The summed E-state index contributed by atoms with van der Waals surface area (Å²) in [6, 6.07) is 42.8. The van der Waals surface area contributed by atoms with Crippen molar-refractivity contribution in [2.45, 2.75) is 6.92 Å². The van der Waals surface area contributed by atoms with Crippen LogP contribution in [0, 0.1) is 14.3 Å². The number of rotatable bonds is 6. The molecule has 0 aromatic heterocycles. The van der Waals surface area contributed by atoms with Gasteiger partial charge in [-0.1, -0.05) is 72.8 Å². The van der Waals surface area contributed by atoms with Gasteiger partial charge in [0.15, 0.2) is 14.3 Å². The molecule has 4 rings (SSSR count). The number of carbonyl (C=O) groups is 2. The van der Waals surface area contributed by atoms with Crippen molar-refractivity contribution in [2.75, 3.05) is 0 Å². The smallest absolute Gasteiger partial charge is 0.357 e. The van der Waals surface area contributed by atoms with Crippen molar-refractivity contribution in [3.8, 4) is 0 Å². The minimum Gasteiger partial charge on any atom is -0.545 e. The fourth-order valence-electron chi connectivity index (χ4n) is 2.40. The van der Waals surface area contributed by atoms with Gasteiger partial charge in [-0.3, -0.25) is 0 Å². The van der Waals surface area contributed by atoms with Crippen molar-refractivity contribution in [1.82, 2.24) is 0 Å². The van der Waals surface area contributed by atoms with Crippen LogP contribution < -0.4 is 52.6 Å². The topological polar surface area (TPSA) is 80.3 Å². The van der Waals surface area contributed by atoms with E-state index >= 15 is 0 Å². The van der Waals surface area contributed by atoms with Crippen LogP contribution in [0.15, 0.2) is 133 Å². The highest BCUT2D eigenvalue weighted by Crippen LogP contribution is 1.87. The Morgan fingerprint density at radius 2 is 0.800 bits per heavy atom. The molecule has 4 aromatic rings. The molecule has 0 saturated heterocycles. The van der Waals surface area contributed by atoms with Gasteiger partial charge < -0.3 is 19.8 Å². The molecule has 0 N–H and O–H groups in total. The minimum atomic E-state index is -1.53. The van der Waals surface area contributed by atoms with Crippen molar-refractivity contribution >= 4 is 11.9 Å². The quantitative estimate of drug-likeness (QED) is 0.161. The van der Waals surface area contributed by atoms with Crippen LogP contribution in [-0.4, -0.2) is 11.9 Å². The van der Waals surface area contributed by atoms with E-state index in [1.54, 1.807) is 0 Å². The third kappa shape index (κ3) is 12.9. The standard InChI is InChI=1S/2C12H10I.C5H6O4/c2*1-3-7-11(8-4-1)13-12-9-5-2-6-10-12;1-3(5(8)9)2-4(6)7/h2*1-10H;2H,1H3,(H,6,7)(H,8,9)/q2*+1;/p-2/b;;3-2-. The molecule has 0 atom stereocenters. The maximum atomic E-state index is 9.76. The molecular weight excluding hydrogens is 666 g/mol. The van der Waals surface area contributed by atoms with Crippen LogP contribution in [0.3, 0.4) is 0 Å². The Hall–Kier alpha value is -2.98. The number of carbonyl (C=O) groups excluding carboxylic acids is 2. The Morgan fingerprint density at radius 1 is 0.543 bits per heavy atom. The highest BCUT2D eigenvalue weighted by molar-refractivity contribution is 5.92. The number of hydrogen-bond donors (Lipinski definition) is 0. The van der Waals surface area contributed by atoms with Crippen LogP contribution in [0.5, 0.6) is 0 Å². The lowest BCUT2D eigenvalue weighted by molar-refractivity contribution is -0.597. The molecule has 4 aromatic carbocycles. The van der Waals surface area contributed by atoms with Crippen molar-refractivity contribution in [1.29, 1.82) is 0 Å². The zero-order valence-electron chi connectivity index (χ0n) is 19.0. The predicted octanol–water partition coefficient (Wildman–Crippen LogP) is -2.94. The lowest BCUT2D eigenvalue weighted by Crippen LogP contribution is -3.61. The first kappa shape index (κ1) is 28.3. The fourth-order valence-corrected chi connectivity index (χ4v) is 6.94. The summed E-state index contributed by atoms with van der Waals surface area (Å²) >= 11 is 0.0574. The summed E-state index contributed by atoms with van der Waals surface area (Å²) < 4.78 is 5.92. The number of carboxylic acids is 2. The van der Waals surface area contributed by atoms with Gasteiger partial charge in [0.05, 0.1) is 11.9 Å². The van der Waals surface area contributed by atoms with E-state index in [1.807, 2.05) is 0 Å². The second kappa shape index (κ2) is 16.6. The van der Waals surface area contributed by atoms with Gasteiger partial charge in [0, 0.05) is 0 Å². The van der Waals surface area contributed by atoms with E-state index in [9.17, 15) is 19.8 Å². The molecule has 0 aliphatic carbocycles. The average molecular weight is 690 g/mol. The van der Waals surface area contributed by atoms with E-state index in [4.69, 9.17) is 0 Å². The van der Waals surface area contributed by atoms with E-state index in [0.29, 0.717) is 6.08 Å². The molecule has 0 radical (unpaired) electrons. The zero-order chi connectivity index (χ0) is 25.3. The van der Waals surface area contributed by atoms with Crippen molar-refractivity contribution < 1.29 is 62.2 Å². The molecule has 0 amide bonds. The zero-order valence-corrected chi connectivity index (χ0v) is 23.3. The predicted molar refractivity (Wildman–Crippen MR) is 124 cm³/mol. The van der Waals surface area contributed by atoms with Crippen molar-refractivity contribution in [3.05, 3.63) is 147 Å². The summed E-state index contributed by atoms with van der Waals surface area (Å²) in [5.74, 6) is -3.03. The van der Waals surface area contributed by atoms with Crippen LogP contribution in [0.4, 0.5) is 0 Å². The van der Waals surface area contributed by atoms with E-state index in [1.165, 1.54) is 14.3 Å². The van der Waals surface area contributed by atoms with Crippen LogP contribution in [-0.2, 0) is 9.59 Å². The maximum absolute atomic E-state index is 9.76. The summed E-state index contributed by atoms with van der Waals surface area (Å²) in [5.41, 5.74) is -0.352. The first-order valence-corrected chi connectivity index (χ1v) is 14.9. The molecule has 0 fully saturated rings. The third-order valence-electron chi connectivity index (χ3n) is 4.03. The van der Waals surface area contributed by atoms with Gasteiger partial charge in [-0.05, 0) is 67.1 Å². The number of hydrogen-bond acceptors (Lipinski definition) is 4. The molecule has 35 heavy (non-hydrogen) atoms. The molecule has 0 unspecified atom stereocenters. The molecule has 0 aliphatic rings. The molecule has 4 nitrogen and oxygen atoms in total. The van der Waals surface area contributed by atoms with E-state index in [-0.39, 0.29) is 48.0 Å². The Balaban J connectivity index is 0.000000190. The molecule has 178 valence electrons. The number of carboxylic acid groups (broad SMARTS) is 2. The molecular formula is C29H24I2O4. The molecule has 0 aliphatic heterocycles. The summed E-state index contributed by atoms with van der Waals surface area (Å²) in [7, 11) is 0. The summed E-state index contributed by atoms with van der Waals surface area (Å²) in [5, 5.41) is 19.4. The highest BCUT2D eigenvalue weighted by Gasteiger charge is 2.13. The average Bonchev–Trinajstić information content (AvgIpc) is 2.87. The second-order valence-corrected chi connectivity index (χ2v) is 12.9. The Bertz CT molecular complexity index is 1030. The summed E-state index contributed by atoms with van der Waals surface area (Å²) in [4.78, 5) is 19.4. The van der Waals surface area contributed by atoms with Gasteiger partial charge >= 0.3 is 42.4 Å². The SMILES string of the molecule is C/C(=C/C(=O)[O-])C(=O)[O-].c1ccc([I+]c2ccccc2)cc1.c1ccc([I+]c2ccccc2)cc1. The normalized spacial score (nSPS) is 10.1. The lowest BCUT2D eigenvalue weighted by atomic mass is 10.3. The molecule has 6 heteroatoms. The Morgan fingerprint density at radius 3 is 0.971 bits per heavy atom. The number of aliphatic carboxylic acids is 2. The Kier molecular flexibility index (Phi) is 13.4. The highest BCUT2D eigenvalue weighted by atomic mass is 127. The number of halogens is 2. The van der Waals surface area contributed by atoms with E-state index in [0.717, 1.165) is 6.92 Å². The number of benzene rings is 4. The van der Waals surface area contributed by atoms with E-state index < -0.39 is 11.9 Å². The first-order chi connectivity index (χ1) is 16.9. The van der Waals surface area contributed by atoms with Crippen LogP contribution in [0.1, 0.15) is 6.92 Å². The van der Waals surface area contributed by atoms with Gasteiger partial charge in [0.2, 0.25) is 0 Å². The van der Waals surface area contributed by atoms with Crippen LogP contribution in [0.25, 0.3) is 0 Å². The minimum absolute atomic E-state index is 0.0287. The van der Waals surface area contributed by atoms with Gasteiger partial charge in [0.1, 0.15) is 0 Å². The van der Waals surface area contributed by atoms with Crippen LogP contribution >= 0.6 is 0 Å². The van der Waals surface area contributed by atoms with Gasteiger partial charge in [0.25, 0.3) is 0 Å². The van der Waals surface area contributed by atoms with E-state index in [2.05, 4.69) is 121 Å². The first-order valence-electron chi connectivity index (χ1n) is 10.5. The van der Waals surface area contributed by atoms with Crippen LogP contribution in [0.2, 0.25) is 0 Å².